The normalized spacial score (nSPS) is 10.3. The standard InChI is InChI=1S/C10H14O2S/c1-12-6-7-13-10-5-3-2-4-9(10)8-11/h2-5,11H,6-8H2,1H3. The fraction of sp³-hybridized carbons (Fsp3) is 0.400. The van der Waals surface area contributed by atoms with Crippen molar-refractivity contribution >= 4 is 11.8 Å². The van der Waals surface area contributed by atoms with Crippen molar-refractivity contribution in [3.63, 3.8) is 0 Å². The van der Waals surface area contributed by atoms with Gasteiger partial charge in [-0.05, 0) is 11.6 Å². The molecule has 1 aromatic rings. The van der Waals surface area contributed by atoms with Crippen LogP contribution in [0.2, 0.25) is 0 Å². The number of thioether (sulfide) groups is 1. The van der Waals surface area contributed by atoms with E-state index < -0.39 is 0 Å². The SMILES string of the molecule is COCCSc1ccccc1CO. The smallest absolute Gasteiger partial charge is 0.0692 e. The zero-order chi connectivity index (χ0) is 9.52. The molecule has 0 atom stereocenters. The first-order valence-electron chi connectivity index (χ1n) is 4.19. The van der Waals surface area contributed by atoms with Crippen molar-refractivity contribution in [1.82, 2.24) is 0 Å². The molecule has 0 aromatic heterocycles. The molecule has 1 N–H and O–H groups in total. The van der Waals surface area contributed by atoms with Gasteiger partial charge in [0.1, 0.15) is 0 Å². The van der Waals surface area contributed by atoms with E-state index in [-0.39, 0.29) is 6.61 Å². The van der Waals surface area contributed by atoms with Gasteiger partial charge in [0, 0.05) is 17.8 Å². The molecule has 0 unspecified atom stereocenters. The monoisotopic (exact) mass is 198 g/mol. The van der Waals surface area contributed by atoms with Gasteiger partial charge in [0.05, 0.1) is 13.2 Å². The van der Waals surface area contributed by atoms with Crippen molar-refractivity contribution in [3.05, 3.63) is 29.8 Å². The van der Waals surface area contributed by atoms with Crippen LogP contribution in [-0.4, -0.2) is 24.6 Å². The number of hydrogen-bond donors (Lipinski definition) is 1. The molecule has 1 aromatic carbocycles. The predicted molar refractivity (Wildman–Crippen MR) is 55.0 cm³/mol. The maximum Gasteiger partial charge on any atom is 0.0692 e. The molecule has 0 spiro atoms. The van der Waals surface area contributed by atoms with Crippen LogP contribution in [0.4, 0.5) is 0 Å². The third-order valence-corrected chi connectivity index (χ3v) is 2.77. The van der Waals surface area contributed by atoms with E-state index in [0.29, 0.717) is 0 Å². The molecule has 0 saturated heterocycles. The van der Waals surface area contributed by atoms with Gasteiger partial charge in [-0.3, -0.25) is 0 Å². The Morgan fingerprint density at radius 3 is 2.85 bits per heavy atom. The molecule has 13 heavy (non-hydrogen) atoms. The largest absolute Gasteiger partial charge is 0.392 e. The molecule has 0 amide bonds. The van der Waals surface area contributed by atoms with Gasteiger partial charge in [0.2, 0.25) is 0 Å². The first-order chi connectivity index (χ1) is 6.38. The van der Waals surface area contributed by atoms with Crippen LogP contribution in [0.5, 0.6) is 0 Å². The van der Waals surface area contributed by atoms with Crippen LogP contribution in [0.3, 0.4) is 0 Å². The lowest BCUT2D eigenvalue weighted by molar-refractivity contribution is 0.218. The van der Waals surface area contributed by atoms with E-state index in [1.165, 1.54) is 0 Å². The quantitative estimate of drug-likeness (QED) is 0.579. The second kappa shape index (κ2) is 6.02. The molecule has 1 rings (SSSR count). The summed E-state index contributed by atoms with van der Waals surface area (Å²) in [5.41, 5.74) is 0.989. The van der Waals surface area contributed by atoms with Crippen LogP contribution in [0.1, 0.15) is 5.56 Å². The highest BCUT2D eigenvalue weighted by molar-refractivity contribution is 7.99. The van der Waals surface area contributed by atoms with Gasteiger partial charge in [-0.15, -0.1) is 11.8 Å². The molecule has 0 heterocycles. The zero-order valence-electron chi connectivity index (χ0n) is 7.69. The van der Waals surface area contributed by atoms with Gasteiger partial charge in [0.25, 0.3) is 0 Å². The van der Waals surface area contributed by atoms with Crippen molar-refractivity contribution < 1.29 is 9.84 Å². The summed E-state index contributed by atoms with van der Waals surface area (Å²) in [7, 11) is 1.69. The number of rotatable bonds is 5. The summed E-state index contributed by atoms with van der Waals surface area (Å²) in [4.78, 5) is 1.14. The number of aliphatic hydroxyl groups is 1. The van der Waals surface area contributed by atoms with Gasteiger partial charge in [-0.1, -0.05) is 18.2 Å². The highest BCUT2D eigenvalue weighted by atomic mass is 32.2. The van der Waals surface area contributed by atoms with Crippen molar-refractivity contribution in [2.24, 2.45) is 0 Å². The van der Waals surface area contributed by atoms with Crippen molar-refractivity contribution in [3.8, 4) is 0 Å². The van der Waals surface area contributed by atoms with E-state index in [2.05, 4.69) is 0 Å². The van der Waals surface area contributed by atoms with E-state index in [9.17, 15) is 0 Å². The molecule has 0 aliphatic rings. The molecule has 0 fully saturated rings. The highest BCUT2D eigenvalue weighted by Crippen LogP contribution is 2.22. The average molecular weight is 198 g/mol. The summed E-state index contributed by atoms with van der Waals surface area (Å²) in [5.74, 6) is 0.924. The summed E-state index contributed by atoms with van der Waals surface area (Å²) in [6.07, 6.45) is 0. The van der Waals surface area contributed by atoms with Crippen LogP contribution in [0, 0.1) is 0 Å². The lowest BCUT2D eigenvalue weighted by Crippen LogP contribution is -1.93. The molecule has 3 heteroatoms. The topological polar surface area (TPSA) is 29.5 Å². The van der Waals surface area contributed by atoms with Gasteiger partial charge in [-0.25, -0.2) is 0 Å². The molecule has 0 aliphatic heterocycles. The Balaban J connectivity index is 2.54. The predicted octanol–water partition coefficient (Wildman–Crippen LogP) is 1.92. The number of benzene rings is 1. The highest BCUT2D eigenvalue weighted by Gasteiger charge is 1.99. The minimum atomic E-state index is 0.107. The maximum absolute atomic E-state index is 9.03. The molecule has 72 valence electrons. The fourth-order valence-corrected chi connectivity index (χ4v) is 1.97. The van der Waals surface area contributed by atoms with E-state index in [0.717, 1.165) is 22.8 Å². The summed E-state index contributed by atoms with van der Waals surface area (Å²) >= 11 is 1.71. The van der Waals surface area contributed by atoms with Crippen molar-refractivity contribution in [2.45, 2.75) is 11.5 Å². The van der Waals surface area contributed by atoms with Gasteiger partial charge >= 0.3 is 0 Å². The first-order valence-corrected chi connectivity index (χ1v) is 5.17. The Bertz CT molecular complexity index is 250. The van der Waals surface area contributed by atoms with Crippen molar-refractivity contribution in [1.29, 1.82) is 0 Å². The Kier molecular flexibility index (Phi) is 4.90. The summed E-state index contributed by atoms with van der Waals surface area (Å²) < 4.78 is 4.95. The molecule has 0 radical (unpaired) electrons. The van der Waals surface area contributed by atoms with Gasteiger partial charge in [0.15, 0.2) is 0 Å². The van der Waals surface area contributed by atoms with Crippen LogP contribution in [0.15, 0.2) is 29.2 Å². The summed E-state index contributed by atoms with van der Waals surface area (Å²) in [6, 6.07) is 7.88. The number of methoxy groups -OCH3 is 1. The molecule has 0 aliphatic carbocycles. The number of ether oxygens (including phenoxy) is 1. The molecule has 0 bridgehead atoms. The number of aliphatic hydroxyl groups excluding tert-OH is 1. The summed E-state index contributed by atoms with van der Waals surface area (Å²) in [6.45, 7) is 0.848. The molecule has 0 saturated carbocycles. The zero-order valence-corrected chi connectivity index (χ0v) is 8.51. The number of hydrogen-bond acceptors (Lipinski definition) is 3. The third kappa shape index (κ3) is 3.38. The Morgan fingerprint density at radius 2 is 2.15 bits per heavy atom. The van der Waals surface area contributed by atoms with Gasteiger partial charge in [-0.2, -0.15) is 0 Å². The van der Waals surface area contributed by atoms with Crippen LogP contribution in [-0.2, 0) is 11.3 Å². The fourth-order valence-electron chi connectivity index (χ4n) is 1.01. The molecule has 2 nitrogen and oxygen atoms in total. The summed E-state index contributed by atoms with van der Waals surface area (Å²) in [5, 5.41) is 9.03. The van der Waals surface area contributed by atoms with Crippen molar-refractivity contribution in [2.75, 3.05) is 19.5 Å². The lowest BCUT2D eigenvalue weighted by Gasteiger charge is -2.05. The molecular weight excluding hydrogens is 184 g/mol. The van der Waals surface area contributed by atoms with E-state index in [1.807, 2.05) is 24.3 Å². The third-order valence-electron chi connectivity index (χ3n) is 1.69. The Hall–Kier alpha value is -0.510. The lowest BCUT2D eigenvalue weighted by atomic mass is 10.2. The van der Waals surface area contributed by atoms with Gasteiger partial charge < -0.3 is 9.84 Å². The first kappa shape index (κ1) is 10.6. The minimum Gasteiger partial charge on any atom is -0.392 e. The van der Waals surface area contributed by atoms with E-state index >= 15 is 0 Å². The second-order valence-corrected chi connectivity index (χ2v) is 3.74. The van der Waals surface area contributed by atoms with Crippen LogP contribution >= 0.6 is 11.8 Å². The van der Waals surface area contributed by atoms with E-state index in [4.69, 9.17) is 9.84 Å². The average Bonchev–Trinajstić information content (AvgIpc) is 2.19. The second-order valence-electron chi connectivity index (χ2n) is 2.61. The van der Waals surface area contributed by atoms with Crippen LogP contribution in [0.25, 0.3) is 0 Å². The van der Waals surface area contributed by atoms with Crippen LogP contribution < -0.4 is 0 Å². The Labute approximate surface area is 82.9 Å². The maximum atomic E-state index is 9.03. The minimum absolute atomic E-state index is 0.107. The van der Waals surface area contributed by atoms with E-state index in [1.54, 1.807) is 18.9 Å². The Morgan fingerprint density at radius 1 is 1.38 bits per heavy atom. The molecular formula is C10H14O2S.